The second-order valence-corrected chi connectivity index (χ2v) is 7.06. The molecule has 0 amide bonds. The fraction of sp³-hybridized carbons (Fsp3) is 0.667. The summed E-state index contributed by atoms with van der Waals surface area (Å²) in [5, 5.41) is 29.1. The van der Waals surface area contributed by atoms with Gasteiger partial charge in [-0.15, -0.1) is 0 Å². The summed E-state index contributed by atoms with van der Waals surface area (Å²) in [6.45, 7) is 0.588. The minimum absolute atomic E-state index is 0. The molecule has 1 aromatic heterocycles. The molecule has 5 atom stereocenters. The van der Waals surface area contributed by atoms with Crippen LogP contribution in [0.15, 0.2) is 15.8 Å². The van der Waals surface area contributed by atoms with Crippen molar-refractivity contribution in [3.05, 3.63) is 32.6 Å². The molecule has 2 rings (SSSR count). The standard InChI is InChI=1S/C12H19N2O10P.2Na/c1-5-2-14(12(19)13-10(5)18)11-7(17)9(23-4-25(20,21)22)8(24-11)6(16)3-15;;/h2,6-9,11,15-17H,3-4H2,1H3,(H,13,18,19)(H2,20,21,22);;/q;2*+1/p-2/t6-,7-,8+,9-,11-;;/m1../s1. The third-order valence-electron chi connectivity index (χ3n) is 3.66. The van der Waals surface area contributed by atoms with Crippen LogP contribution in [0.3, 0.4) is 0 Å². The Labute approximate surface area is 197 Å². The molecule has 1 aromatic rings. The monoisotopic (exact) mass is 426 g/mol. The number of aromatic nitrogens is 2. The van der Waals surface area contributed by atoms with Gasteiger partial charge in [0.2, 0.25) is 0 Å². The van der Waals surface area contributed by atoms with Crippen LogP contribution in [0.25, 0.3) is 0 Å². The quantitative estimate of drug-likeness (QED) is 0.250. The second-order valence-electron chi connectivity index (χ2n) is 5.58. The molecule has 0 saturated carbocycles. The van der Waals surface area contributed by atoms with Crippen LogP contribution in [-0.2, 0) is 14.0 Å². The SMILES string of the molecule is Cc1cn([C@@H]2O[C@@H]([C@H](O)CO)[C@H](OCP(=O)([O-])[O-])[C@H]2O)c(=O)[nH]c1=O.[Na+].[Na+]. The van der Waals surface area contributed by atoms with Crippen molar-refractivity contribution in [1.82, 2.24) is 9.55 Å². The first-order valence-corrected chi connectivity index (χ1v) is 8.85. The summed E-state index contributed by atoms with van der Waals surface area (Å²) < 4.78 is 21.7. The maximum Gasteiger partial charge on any atom is 1.00 e. The zero-order chi connectivity index (χ0) is 18.9. The van der Waals surface area contributed by atoms with Gasteiger partial charge in [-0.1, -0.05) is 0 Å². The number of aliphatic hydroxyl groups is 3. The summed E-state index contributed by atoms with van der Waals surface area (Å²) >= 11 is 0. The van der Waals surface area contributed by atoms with Crippen molar-refractivity contribution in [3.63, 3.8) is 0 Å². The van der Waals surface area contributed by atoms with Gasteiger partial charge in [0.15, 0.2) is 6.23 Å². The van der Waals surface area contributed by atoms with Crippen molar-refractivity contribution in [1.29, 1.82) is 0 Å². The summed E-state index contributed by atoms with van der Waals surface area (Å²) in [6.07, 6.45) is -7.80. The Morgan fingerprint density at radius 3 is 2.52 bits per heavy atom. The van der Waals surface area contributed by atoms with E-state index in [0.29, 0.717) is 0 Å². The van der Waals surface area contributed by atoms with Crippen LogP contribution < -0.4 is 80.2 Å². The van der Waals surface area contributed by atoms with Gasteiger partial charge in [-0.25, -0.2) is 4.79 Å². The first-order chi connectivity index (χ1) is 11.5. The number of hydrogen-bond acceptors (Lipinski definition) is 10. The van der Waals surface area contributed by atoms with E-state index in [0.717, 1.165) is 10.8 Å². The van der Waals surface area contributed by atoms with Crippen molar-refractivity contribution in [3.8, 4) is 0 Å². The maximum absolute atomic E-state index is 11.9. The molecule has 0 aliphatic carbocycles. The fourth-order valence-electron chi connectivity index (χ4n) is 2.47. The van der Waals surface area contributed by atoms with Crippen LogP contribution in [0, 0.1) is 6.92 Å². The third-order valence-corrected chi connectivity index (χ3v) is 4.13. The van der Waals surface area contributed by atoms with E-state index >= 15 is 0 Å². The zero-order valence-corrected chi connectivity index (χ0v) is 19.9. The van der Waals surface area contributed by atoms with Crippen LogP contribution in [0.1, 0.15) is 11.8 Å². The Balaban J connectivity index is 0.00000338. The topological polar surface area (TPSA) is 197 Å². The smallest absolute Gasteiger partial charge is 0.809 e. The molecule has 1 aliphatic heterocycles. The molecule has 0 unspecified atom stereocenters. The van der Waals surface area contributed by atoms with Crippen LogP contribution in [0.5, 0.6) is 0 Å². The summed E-state index contributed by atoms with van der Waals surface area (Å²) in [6, 6.07) is 0. The predicted molar refractivity (Wildman–Crippen MR) is 76.4 cm³/mol. The summed E-state index contributed by atoms with van der Waals surface area (Å²) in [5.41, 5.74) is -1.44. The first kappa shape index (κ1) is 27.6. The molecule has 12 nitrogen and oxygen atoms in total. The molecule has 142 valence electrons. The molecule has 0 radical (unpaired) electrons. The number of nitrogens with one attached hydrogen (secondary N) is 1. The van der Waals surface area contributed by atoms with E-state index in [2.05, 4.69) is 0 Å². The molecule has 0 spiro atoms. The molecule has 27 heavy (non-hydrogen) atoms. The van der Waals surface area contributed by atoms with Gasteiger partial charge >= 0.3 is 64.8 Å². The molecule has 1 saturated heterocycles. The Hall–Kier alpha value is 0.630. The van der Waals surface area contributed by atoms with Gasteiger partial charge in [0.1, 0.15) is 24.4 Å². The van der Waals surface area contributed by atoms with E-state index in [-0.39, 0.29) is 64.7 Å². The Morgan fingerprint density at radius 1 is 1.41 bits per heavy atom. The van der Waals surface area contributed by atoms with E-state index in [1.165, 1.54) is 6.92 Å². The van der Waals surface area contributed by atoms with Crippen LogP contribution in [0.4, 0.5) is 0 Å². The van der Waals surface area contributed by atoms with E-state index < -0.39 is 62.4 Å². The molecule has 4 N–H and O–H groups in total. The predicted octanol–water partition coefficient (Wildman–Crippen LogP) is -10.3. The average molecular weight is 426 g/mol. The van der Waals surface area contributed by atoms with Crippen molar-refractivity contribution in [2.75, 3.05) is 13.0 Å². The summed E-state index contributed by atoms with van der Waals surface area (Å²) in [5.74, 6) is 0. The Kier molecular flexibility index (Phi) is 11.4. The van der Waals surface area contributed by atoms with E-state index in [4.69, 9.17) is 14.6 Å². The van der Waals surface area contributed by atoms with Crippen LogP contribution in [0.2, 0.25) is 0 Å². The molecule has 1 fully saturated rings. The zero-order valence-electron chi connectivity index (χ0n) is 15.0. The molecule has 1 aliphatic rings. The number of aryl methyl sites for hydroxylation is 1. The first-order valence-electron chi connectivity index (χ1n) is 7.12. The van der Waals surface area contributed by atoms with Gasteiger partial charge in [0.05, 0.1) is 13.0 Å². The van der Waals surface area contributed by atoms with Crippen molar-refractivity contribution < 1.29 is 98.3 Å². The second kappa shape index (κ2) is 11.1. The minimum atomic E-state index is -5.07. The third kappa shape index (κ3) is 6.83. The van der Waals surface area contributed by atoms with Gasteiger partial charge in [-0.3, -0.25) is 14.3 Å². The summed E-state index contributed by atoms with van der Waals surface area (Å²) in [7, 11) is -5.07. The van der Waals surface area contributed by atoms with E-state index in [1.54, 1.807) is 0 Å². The van der Waals surface area contributed by atoms with Crippen molar-refractivity contribution in [2.45, 2.75) is 37.6 Å². The van der Waals surface area contributed by atoms with Crippen molar-refractivity contribution >= 4 is 7.60 Å². The maximum atomic E-state index is 11.9. The molecule has 2 heterocycles. The number of ether oxygens (including phenoxy) is 2. The Morgan fingerprint density at radius 2 is 2.00 bits per heavy atom. The number of hydrogen-bond donors (Lipinski definition) is 4. The molecular weight excluding hydrogens is 409 g/mol. The Bertz CT molecular complexity index is 780. The van der Waals surface area contributed by atoms with Gasteiger partial charge in [-0.2, -0.15) is 0 Å². The largest absolute Gasteiger partial charge is 1.00 e. The van der Waals surface area contributed by atoms with E-state index in [9.17, 15) is 34.2 Å². The van der Waals surface area contributed by atoms with Crippen LogP contribution >= 0.6 is 7.60 Å². The van der Waals surface area contributed by atoms with Crippen molar-refractivity contribution in [2.24, 2.45) is 0 Å². The van der Waals surface area contributed by atoms with E-state index in [1.807, 2.05) is 4.98 Å². The average Bonchev–Trinajstić information content (AvgIpc) is 2.84. The fourth-order valence-corrected chi connectivity index (χ4v) is 2.82. The van der Waals surface area contributed by atoms with Gasteiger partial charge < -0.3 is 39.1 Å². The number of aliphatic hydroxyl groups excluding tert-OH is 3. The van der Waals surface area contributed by atoms with Gasteiger partial charge in [0.25, 0.3) is 5.56 Å². The molecule has 15 heteroatoms. The number of rotatable bonds is 6. The normalized spacial score (nSPS) is 26.1. The molecular formula is C12H17N2Na2O10P. The number of aromatic amines is 1. The molecule has 0 aromatic carbocycles. The van der Waals surface area contributed by atoms with Crippen LogP contribution in [-0.4, -0.2) is 62.2 Å². The number of nitrogens with zero attached hydrogens (tertiary/aromatic N) is 1. The number of H-pyrrole nitrogens is 1. The summed E-state index contributed by atoms with van der Waals surface area (Å²) in [4.78, 5) is 46.8. The minimum Gasteiger partial charge on any atom is -0.809 e. The molecule has 0 bridgehead atoms. The van der Waals surface area contributed by atoms with Gasteiger partial charge in [0, 0.05) is 11.8 Å². The van der Waals surface area contributed by atoms with Gasteiger partial charge in [-0.05, 0) is 14.5 Å².